The highest BCUT2D eigenvalue weighted by molar-refractivity contribution is 4.76. The Kier molecular flexibility index (Phi) is 2.63. The van der Waals surface area contributed by atoms with Gasteiger partial charge in [-0.25, -0.2) is 4.39 Å². The molecule has 0 spiro atoms. The number of halogens is 1. The van der Waals surface area contributed by atoms with E-state index in [1.165, 1.54) is 0 Å². The summed E-state index contributed by atoms with van der Waals surface area (Å²) in [6.07, 6.45) is 0.0750. The highest BCUT2D eigenvalue weighted by Crippen LogP contribution is 2.11. The van der Waals surface area contributed by atoms with Crippen LogP contribution in [0.4, 0.5) is 4.39 Å². The molecule has 1 heterocycles. The van der Waals surface area contributed by atoms with Crippen molar-refractivity contribution in [2.75, 3.05) is 19.6 Å². The maximum Gasteiger partial charge on any atom is 0.114 e. The van der Waals surface area contributed by atoms with E-state index in [9.17, 15) is 4.39 Å². The zero-order chi connectivity index (χ0) is 7.56. The summed E-state index contributed by atoms with van der Waals surface area (Å²) in [6.45, 7) is 4.25. The lowest BCUT2D eigenvalue weighted by Gasteiger charge is -2.16. The van der Waals surface area contributed by atoms with Crippen molar-refractivity contribution >= 4 is 0 Å². The van der Waals surface area contributed by atoms with Gasteiger partial charge in [-0.1, -0.05) is 0 Å². The number of rotatable bonds is 2. The topological polar surface area (TPSA) is 29.3 Å². The summed E-state index contributed by atoms with van der Waals surface area (Å²) in [5.41, 5.74) is 5.55. The van der Waals surface area contributed by atoms with Gasteiger partial charge in [0.2, 0.25) is 0 Å². The number of nitrogens with two attached hydrogens (primary N) is 1. The number of alkyl halides is 1. The van der Waals surface area contributed by atoms with Crippen molar-refractivity contribution in [2.45, 2.75) is 25.6 Å². The molecule has 0 amide bonds. The van der Waals surface area contributed by atoms with Crippen LogP contribution in [0.15, 0.2) is 0 Å². The Morgan fingerprint density at radius 3 is 2.90 bits per heavy atom. The number of hydrogen-bond acceptors (Lipinski definition) is 2. The van der Waals surface area contributed by atoms with Crippen LogP contribution < -0.4 is 5.73 Å². The molecule has 3 heteroatoms. The van der Waals surface area contributed by atoms with E-state index in [1.54, 1.807) is 0 Å². The van der Waals surface area contributed by atoms with Gasteiger partial charge in [0.25, 0.3) is 0 Å². The molecule has 2 N–H and O–H groups in total. The van der Waals surface area contributed by atoms with Gasteiger partial charge in [0.15, 0.2) is 0 Å². The summed E-state index contributed by atoms with van der Waals surface area (Å²) in [5, 5.41) is 0. The number of likely N-dealkylation sites (tertiary alicyclic amines) is 1. The summed E-state index contributed by atoms with van der Waals surface area (Å²) in [7, 11) is 0. The second-order valence-electron chi connectivity index (χ2n) is 3.12. The zero-order valence-corrected chi connectivity index (χ0v) is 6.39. The van der Waals surface area contributed by atoms with E-state index in [0.717, 1.165) is 13.1 Å². The maximum absolute atomic E-state index is 12.5. The normalized spacial score (nSPS) is 30.9. The van der Waals surface area contributed by atoms with Crippen LogP contribution in [0.5, 0.6) is 0 Å². The summed E-state index contributed by atoms with van der Waals surface area (Å²) in [6, 6.07) is 0.172. The van der Waals surface area contributed by atoms with Gasteiger partial charge in [-0.05, 0) is 13.3 Å². The summed E-state index contributed by atoms with van der Waals surface area (Å²) in [5.74, 6) is 0. The molecule has 1 aliphatic heterocycles. The third kappa shape index (κ3) is 2.23. The predicted octanol–water partition coefficient (Wildman–Crippen LogP) is 0.377. The molecule has 1 rings (SSSR count). The van der Waals surface area contributed by atoms with E-state index in [2.05, 4.69) is 4.90 Å². The predicted molar refractivity (Wildman–Crippen MR) is 39.6 cm³/mol. The number of hydrogen-bond donors (Lipinski definition) is 1. The lowest BCUT2D eigenvalue weighted by molar-refractivity contribution is 0.278. The summed E-state index contributed by atoms with van der Waals surface area (Å²) in [4.78, 5) is 2.08. The monoisotopic (exact) mass is 146 g/mol. The molecular weight excluding hydrogens is 131 g/mol. The van der Waals surface area contributed by atoms with E-state index >= 15 is 0 Å². The standard InChI is InChI=1S/C7H15FN2/c1-6(9)4-10-3-2-7(8)5-10/h6-7H,2-5,9H2,1H3/t6-,7-/m1/s1. The Morgan fingerprint density at radius 1 is 1.80 bits per heavy atom. The molecule has 0 aliphatic carbocycles. The molecule has 1 aliphatic rings. The Labute approximate surface area is 61.2 Å². The van der Waals surface area contributed by atoms with Gasteiger partial charge < -0.3 is 5.73 Å². The van der Waals surface area contributed by atoms with E-state index < -0.39 is 6.17 Å². The Balaban J connectivity index is 2.18. The fraction of sp³-hybridized carbons (Fsp3) is 1.00. The van der Waals surface area contributed by atoms with Gasteiger partial charge in [0, 0.05) is 25.7 Å². The van der Waals surface area contributed by atoms with Crippen LogP contribution in [0.3, 0.4) is 0 Å². The minimum atomic E-state index is -0.612. The molecule has 0 aromatic heterocycles. The molecule has 2 nitrogen and oxygen atoms in total. The van der Waals surface area contributed by atoms with Gasteiger partial charge in [0.1, 0.15) is 6.17 Å². The maximum atomic E-state index is 12.5. The van der Waals surface area contributed by atoms with Gasteiger partial charge in [0.05, 0.1) is 0 Å². The molecule has 60 valence electrons. The molecular formula is C7H15FN2. The van der Waals surface area contributed by atoms with Gasteiger partial charge in [-0.3, -0.25) is 4.90 Å². The van der Waals surface area contributed by atoms with Gasteiger partial charge in [-0.15, -0.1) is 0 Å². The molecule has 0 radical (unpaired) electrons. The molecule has 0 saturated carbocycles. The van der Waals surface area contributed by atoms with E-state index in [-0.39, 0.29) is 6.04 Å². The van der Waals surface area contributed by atoms with Crippen molar-refractivity contribution in [2.24, 2.45) is 5.73 Å². The SMILES string of the molecule is C[C@@H](N)CN1CC[C@@H](F)C1. The second kappa shape index (κ2) is 3.30. The third-order valence-corrected chi connectivity index (χ3v) is 1.76. The van der Waals surface area contributed by atoms with Crippen LogP contribution in [0.25, 0.3) is 0 Å². The smallest absolute Gasteiger partial charge is 0.114 e. The van der Waals surface area contributed by atoms with Crippen LogP contribution in [0, 0.1) is 0 Å². The molecule has 1 fully saturated rings. The Morgan fingerprint density at radius 2 is 2.50 bits per heavy atom. The van der Waals surface area contributed by atoms with Crippen molar-refractivity contribution in [1.82, 2.24) is 4.90 Å². The fourth-order valence-corrected chi connectivity index (χ4v) is 1.36. The Hall–Kier alpha value is -0.150. The first kappa shape index (κ1) is 7.95. The largest absolute Gasteiger partial charge is 0.327 e. The molecule has 10 heavy (non-hydrogen) atoms. The van der Waals surface area contributed by atoms with Crippen molar-refractivity contribution < 1.29 is 4.39 Å². The summed E-state index contributed by atoms with van der Waals surface area (Å²) >= 11 is 0. The van der Waals surface area contributed by atoms with Crippen LogP contribution in [0.2, 0.25) is 0 Å². The average Bonchev–Trinajstić information content (AvgIpc) is 2.13. The van der Waals surface area contributed by atoms with Crippen molar-refractivity contribution in [3.8, 4) is 0 Å². The Bertz CT molecular complexity index is 106. The van der Waals surface area contributed by atoms with E-state index in [4.69, 9.17) is 5.73 Å². The molecule has 0 aromatic rings. The van der Waals surface area contributed by atoms with Gasteiger partial charge in [-0.2, -0.15) is 0 Å². The lowest BCUT2D eigenvalue weighted by Crippen LogP contribution is -2.34. The van der Waals surface area contributed by atoms with Crippen LogP contribution in [-0.4, -0.2) is 36.7 Å². The highest BCUT2D eigenvalue weighted by Gasteiger charge is 2.21. The third-order valence-electron chi connectivity index (χ3n) is 1.76. The average molecular weight is 146 g/mol. The number of nitrogens with zero attached hydrogens (tertiary/aromatic N) is 1. The zero-order valence-electron chi connectivity index (χ0n) is 6.39. The van der Waals surface area contributed by atoms with E-state index in [1.807, 2.05) is 6.92 Å². The molecule has 0 aromatic carbocycles. The van der Waals surface area contributed by atoms with Gasteiger partial charge >= 0.3 is 0 Å². The van der Waals surface area contributed by atoms with E-state index in [0.29, 0.717) is 13.0 Å². The lowest BCUT2D eigenvalue weighted by atomic mass is 10.3. The van der Waals surface area contributed by atoms with Crippen LogP contribution in [0.1, 0.15) is 13.3 Å². The first-order valence-electron chi connectivity index (χ1n) is 3.80. The fourth-order valence-electron chi connectivity index (χ4n) is 1.36. The van der Waals surface area contributed by atoms with Crippen molar-refractivity contribution in [1.29, 1.82) is 0 Å². The first-order chi connectivity index (χ1) is 4.68. The van der Waals surface area contributed by atoms with Crippen LogP contribution >= 0.6 is 0 Å². The molecule has 1 saturated heterocycles. The van der Waals surface area contributed by atoms with Crippen LogP contribution in [-0.2, 0) is 0 Å². The minimum Gasteiger partial charge on any atom is -0.327 e. The molecule has 2 atom stereocenters. The first-order valence-corrected chi connectivity index (χ1v) is 3.80. The van der Waals surface area contributed by atoms with Crippen molar-refractivity contribution in [3.05, 3.63) is 0 Å². The summed E-state index contributed by atoms with van der Waals surface area (Å²) < 4.78 is 12.5. The minimum absolute atomic E-state index is 0.172. The molecule has 0 bridgehead atoms. The quantitative estimate of drug-likeness (QED) is 0.610. The second-order valence-corrected chi connectivity index (χ2v) is 3.12. The molecule has 0 unspecified atom stereocenters. The highest BCUT2D eigenvalue weighted by atomic mass is 19.1. The van der Waals surface area contributed by atoms with Crippen molar-refractivity contribution in [3.63, 3.8) is 0 Å².